The lowest BCUT2D eigenvalue weighted by atomic mass is 9.07. The van der Waals surface area contributed by atoms with Crippen molar-refractivity contribution >= 4 is 17.8 Å². The molecule has 0 bridgehead atoms. The maximum absolute atomic E-state index is 13.3. The molecular formula is C18H23NO5. The van der Waals surface area contributed by atoms with Crippen LogP contribution in [-0.4, -0.2) is 47.0 Å². The zero-order valence-corrected chi connectivity index (χ0v) is 14.7. The highest BCUT2D eigenvalue weighted by Gasteiger charge is 3.03. The Balaban J connectivity index is 1.79. The second-order valence-corrected chi connectivity index (χ2v) is 8.51. The summed E-state index contributed by atoms with van der Waals surface area (Å²) in [4.78, 5) is 39.5. The minimum absolute atomic E-state index is 0.100. The largest absolute Gasteiger partial charge is 0.481 e. The molecule has 0 saturated heterocycles. The Morgan fingerprint density at radius 1 is 1.38 bits per heavy atom. The molecule has 0 spiro atoms. The summed E-state index contributed by atoms with van der Waals surface area (Å²) in [5.41, 5.74) is -2.34. The van der Waals surface area contributed by atoms with Gasteiger partial charge in [-0.1, -0.05) is 11.6 Å². The van der Waals surface area contributed by atoms with E-state index >= 15 is 0 Å². The van der Waals surface area contributed by atoms with Gasteiger partial charge < -0.3 is 14.7 Å². The maximum Gasteiger partial charge on any atom is 0.316 e. The number of carbonyl (C=O) groups is 3. The zero-order chi connectivity index (χ0) is 17.9. The van der Waals surface area contributed by atoms with Crippen LogP contribution in [0.3, 0.4) is 0 Å². The quantitative estimate of drug-likeness (QED) is 0.622. The highest BCUT2D eigenvalue weighted by Crippen LogP contribution is 2.98. The maximum atomic E-state index is 13.3. The summed E-state index contributed by atoms with van der Waals surface area (Å²) in [5, 5.41) is 9.94. The van der Waals surface area contributed by atoms with Crippen molar-refractivity contribution in [2.75, 3.05) is 13.7 Å². The van der Waals surface area contributed by atoms with Crippen LogP contribution in [0.5, 0.6) is 0 Å². The van der Waals surface area contributed by atoms with Crippen LogP contribution < -0.4 is 0 Å². The Morgan fingerprint density at radius 3 is 2.38 bits per heavy atom. The molecule has 4 rings (SSSR count). The fourth-order valence-corrected chi connectivity index (χ4v) is 6.35. The lowest BCUT2D eigenvalue weighted by Gasteiger charge is -2.91. The van der Waals surface area contributed by atoms with Gasteiger partial charge in [0.05, 0.1) is 23.4 Å². The van der Waals surface area contributed by atoms with Crippen LogP contribution in [0.25, 0.3) is 0 Å². The molecule has 3 saturated carbocycles. The van der Waals surface area contributed by atoms with Crippen molar-refractivity contribution in [2.24, 2.45) is 28.1 Å². The summed E-state index contributed by atoms with van der Waals surface area (Å²) >= 11 is 0. The number of hydrogen-bond donors (Lipinski definition) is 1. The summed E-state index contributed by atoms with van der Waals surface area (Å²) in [6.07, 6.45) is 2.28. The topological polar surface area (TPSA) is 83.9 Å². The van der Waals surface area contributed by atoms with Crippen LogP contribution in [0.4, 0.5) is 0 Å². The standard InChI is InChI=1S/C18H23NO5/c1-6-19(15(2,3)4)12(20)17-8-10-16(14(23)24-5)7-9(17)11(16)18(10,17)13(21)22/h7,10-11H,6,8H2,1-5H3,(H,21,22). The van der Waals surface area contributed by atoms with Crippen LogP contribution in [0.2, 0.25) is 0 Å². The lowest BCUT2D eigenvalue weighted by Crippen LogP contribution is -2.97. The van der Waals surface area contributed by atoms with Crippen molar-refractivity contribution in [1.82, 2.24) is 4.90 Å². The molecule has 3 fully saturated rings. The van der Waals surface area contributed by atoms with Crippen LogP contribution >= 0.6 is 0 Å². The number of aliphatic carboxylic acids is 1. The molecule has 130 valence electrons. The van der Waals surface area contributed by atoms with Gasteiger partial charge in [-0.25, -0.2) is 0 Å². The molecule has 5 atom stereocenters. The Kier molecular flexibility index (Phi) is 2.52. The van der Waals surface area contributed by atoms with E-state index < -0.39 is 22.2 Å². The van der Waals surface area contributed by atoms with Gasteiger partial charge in [0.1, 0.15) is 0 Å². The first-order valence-corrected chi connectivity index (χ1v) is 8.45. The summed E-state index contributed by atoms with van der Waals surface area (Å²) in [7, 11) is 1.33. The first-order chi connectivity index (χ1) is 11.1. The van der Waals surface area contributed by atoms with Crippen molar-refractivity contribution in [3.05, 3.63) is 11.6 Å². The first-order valence-electron chi connectivity index (χ1n) is 8.45. The van der Waals surface area contributed by atoms with E-state index in [0.717, 1.165) is 5.57 Å². The fourth-order valence-electron chi connectivity index (χ4n) is 6.35. The molecule has 6 heteroatoms. The summed E-state index contributed by atoms with van der Waals surface area (Å²) in [6.45, 7) is 8.32. The molecule has 1 amide bonds. The second kappa shape index (κ2) is 3.86. The van der Waals surface area contributed by atoms with Crippen LogP contribution in [0.1, 0.15) is 34.1 Å². The number of carboxylic acids is 1. The highest BCUT2D eigenvalue weighted by atomic mass is 16.5. The Hall–Kier alpha value is -1.85. The van der Waals surface area contributed by atoms with Gasteiger partial charge in [0, 0.05) is 18.0 Å². The molecule has 0 aromatic rings. The van der Waals surface area contributed by atoms with Gasteiger partial charge >= 0.3 is 11.9 Å². The molecule has 0 radical (unpaired) electrons. The molecule has 0 aromatic heterocycles. The summed E-state index contributed by atoms with van der Waals surface area (Å²) < 4.78 is 4.91. The van der Waals surface area contributed by atoms with Gasteiger partial charge in [0.25, 0.3) is 0 Å². The smallest absolute Gasteiger partial charge is 0.316 e. The van der Waals surface area contributed by atoms with Gasteiger partial charge in [-0.2, -0.15) is 0 Å². The van der Waals surface area contributed by atoms with Crippen LogP contribution in [-0.2, 0) is 19.1 Å². The minimum Gasteiger partial charge on any atom is -0.481 e. The van der Waals surface area contributed by atoms with Crippen molar-refractivity contribution in [3.63, 3.8) is 0 Å². The van der Waals surface area contributed by atoms with Crippen LogP contribution in [0, 0.1) is 28.1 Å². The lowest BCUT2D eigenvalue weighted by molar-refractivity contribution is -0.362. The Bertz CT molecular complexity index is 734. The van der Waals surface area contributed by atoms with Crippen molar-refractivity contribution in [3.8, 4) is 0 Å². The average Bonchev–Trinajstić information content (AvgIpc) is 2.48. The average molecular weight is 333 g/mol. The third kappa shape index (κ3) is 1.07. The van der Waals surface area contributed by atoms with E-state index in [1.54, 1.807) is 4.90 Å². The number of rotatable bonds is 4. The molecule has 0 aromatic carbocycles. The molecule has 1 N–H and O–H groups in total. The molecular weight excluding hydrogens is 310 g/mol. The third-order valence-corrected chi connectivity index (χ3v) is 7.10. The fraction of sp³-hybridized carbons (Fsp3) is 0.722. The molecule has 24 heavy (non-hydrogen) atoms. The SMILES string of the molecule is CCN(C(=O)C12CC3C4(C(=O)OC)C=C1C4C32C(=O)O)C(C)(C)C. The predicted octanol–water partition coefficient (Wildman–Crippen LogP) is 1.45. The molecule has 5 unspecified atom stereocenters. The molecule has 6 nitrogen and oxygen atoms in total. The van der Waals surface area contributed by atoms with E-state index in [2.05, 4.69) is 0 Å². The number of methoxy groups -OCH3 is 1. The number of nitrogens with zero attached hydrogens (tertiary/aromatic N) is 1. The zero-order valence-electron chi connectivity index (χ0n) is 14.7. The summed E-state index contributed by atoms with van der Waals surface area (Å²) in [5.74, 6) is -2.08. The number of amides is 1. The van der Waals surface area contributed by atoms with E-state index in [0.29, 0.717) is 13.0 Å². The first kappa shape index (κ1) is 15.7. The van der Waals surface area contributed by atoms with Gasteiger partial charge in [0.15, 0.2) is 0 Å². The number of carboxylic acid groups (broad SMARTS) is 1. The van der Waals surface area contributed by atoms with Crippen molar-refractivity contribution in [2.45, 2.75) is 39.7 Å². The van der Waals surface area contributed by atoms with Gasteiger partial charge in [-0.15, -0.1) is 0 Å². The van der Waals surface area contributed by atoms with Crippen molar-refractivity contribution < 1.29 is 24.2 Å². The van der Waals surface area contributed by atoms with E-state index in [1.165, 1.54) is 7.11 Å². The molecule has 4 aliphatic carbocycles. The molecule has 0 aliphatic heterocycles. The van der Waals surface area contributed by atoms with Gasteiger partial charge in [-0.05, 0) is 40.0 Å². The van der Waals surface area contributed by atoms with E-state index in [9.17, 15) is 19.5 Å². The Morgan fingerprint density at radius 2 is 2.00 bits per heavy atom. The number of hydrogen-bond acceptors (Lipinski definition) is 4. The molecule has 0 heterocycles. The summed E-state index contributed by atoms with van der Waals surface area (Å²) in [6, 6.07) is 0. The van der Waals surface area contributed by atoms with Crippen LogP contribution in [0.15, 0.2) is 11.6 Å². The van der Waals surface area contributed by atoms with E-state index in [1.807, 2.05) is 33.8 Å². The monoisotopic (exact) mass is 333 g/mol. The van der Waals surface area contributed by atoms with E-state index in [-0.39, 0.29) is 29.3 Å². The number of fused-ring (bicyclic) bond motifs is 2. The predicted molar refractivity (Wildman–Crippen MR) is 83.8 cm³/mol. The minimum atomic E-state index is -1.10. The highest BCUT2D eigenvalue weighted by molar-refractivity contribution is 6.09. The number of esters is 1. The normalized spacial score (nSPS) is 43.0. The molecule has 4 aliphatic rings. The van der Waals surface area contributed by atoms with Gasteiger partial charge in [-0.3, -0.25) is 14.4 Å². The van der Waals surface area contributed by atoms with E-state index in [4.69, 9.17) is 4.74 Å². The Labute approximate surface area is 140 Å². The van der Waals surface area contributed by atoms with Crippen molar-refractivity contribution in [1.29, 1.82) is 0 Å². The number of carbonyl (C=O) groups excluding carboxylic acids is 2. The second-order valence-electron chi connectivity index (χ2n) is 8.51. The number of ether oxygens (including phenoxy) is 1. The van der Waals surface area contributed by atoms with Gasteiger partial charge in [0.2, 0.25) is 5.91 Å². The third-order valence-electron chi connectivity index (χ3n) is 7.10.